The predicted octanol–water partition coefficient (Wildman–Crippen LogP) is 7.75. The van der Waals surface area contributed by atoms with E-state index in [4.69, 9.17) is 0 Å². The second-order valence-electron chi connectivity index (χ2n) is 7.93. The first-order chi connectivity index (χ1) is 11.7. The quantitative estimate of drug-likeness (QED) is 0.494. The van der Waals surface area contributed by atoms with Crippen molar-refractivity contribution in [3.8, 4) is 0 Å². The highest BCUT2D eigenvalue weighted by Crippen LogP contribution is 2.59. The Labute approximate surface area is 150 Å². The second kappa shape index (κ2) is 7.47. The summed E-state index contributed by atoms with van der Waals surface area (Å²) in [6, 6.07) is 7.18. The van der Waals surface area contributed by atoms with Crippen molar-refractivity contribution in [2.45, 2.75) is 89.4 Å². The monoisotopic (exact) mass is 359 g/mol. The Hall–Kier alpha value is -0.380. The van der Waals surface area contributed by atoms with Gasteiger partial charge in [-0.25, -0.2) is 0 Å². The maximum atomic E-state index is 2.87. The topological polar surface area (TPSA) is 4.93 Å². The summed E-state index contributed by atoms with van der Waals surface area (Å²) < 4.78 is 2.87. The van der Waals surface area contributed by atoms with E-state index >= 15 is 0 Å². The van der Waals surface area contributed by atoms with Crippen LogP contribution in [0.2, 0.25) is 0 Å². The molecule has 0 aliphatic heterocycles. The molecule has 0 saturated heterocycles. The van der Waals surface area contributed by atoms with Crippen LogP contribution in [-0.4, -0.2) is 15.7 Å². The molecule has 2 fully saturated rings. The molecule has 0 atom stereocenters. The fourth-order valence-electron chi connectivity index (χ4n) is 4.91. The Bertz CT molecular complexity index is 675. The first-order valence-electron chi connectivity index (χ1n) is 9.98. The van der Waals surface area contributed by atoms with Crippen molar-refractivity contribution in [2.75, 3.05) is 0 Å². The van der Waals surface area contributed by atoms with Crippen LogP contribution >= 0.6 is 16.3 Å². The van der Waals surface area contributed by atoms with Gasteiger partial charge in [0.2, 0.25) is 0 Å². The third-order valence-electron chi connectivity index (χ3n) is 6.08. The summed E-state index contributed by atoms with van der Waals surface area (Å²) >= 11 is 0. The molecule has 0 spiro atoms. The summed E-state index contributed by atoms with van der Waals surface area (Å²) in [6.07, 6.45) is 14.8. The summed E-state index contributed by atoms with van der Waals surface area (Å²) in [7, 11) is 1.42. The maximum absolute atomic E-state index is 2.87. The third kappa shape index (κ3) is 3.32. The molecule has 4 rings (SSSR count). The van der Waals surface area contributed by atoms with E-state index < -0.39 is 0 Å². The molecule has 0 bridgehead atoms. The molecule has 0 amide bonds. The standard InChI is InChI=1S/C21H31NP2/c1-16-13-14-20-21(15-16)23-17(2)22(20)24(18-9-5-3-6-10-18)19-11-7-4-8-12-19/h13-15,18-19H,3-12H2,1-2H3. The van der Waals surface area contributed by atoms with Crippen LogP contribution in [0.4, 0.5) is 0 Å². The molecule has 130 valence electrons. The summed E-state index contributed by atoms with van der Waals surface area (Å²) in [5, 5.41) is 1.56. The lowest BCUT2D eigenvalue weighted by molar-refractivity contribution is 0.482. The van der Waals surface area contributed by atoms with E-state index in [1.54, 1.807) is 16.1 Å². The Balaban J connectivity index is 1.78. The molecular weight excluding hydrogens is 328 g/mol. The molecule has 2 saturated carbocycles. The lowest BCUT2D eigenvalue weighted by Gasteiger charge is -2.39. The lowest BCUT2D eigenvalue weighted by Crippen LogP contribution is -2.24. The molecule has 2 aliphatic carbocycles. The van der Waals surface area contributed by atoms with Gasteiger partial charge in [0.15, 0.2) is 0 Å². The Kier molecular flexibility index (Phi) is 5.31. The van der Waals surface area contributed by atoms with Crippen molar-refractivity contribution in [1.29, 1.82) is 0 Å². The van der Waals surface area contributed by atoms with Gasteiger partial charge in [0.05, 0.1) is 5.52 Å². The third-order valence-corrected chi connectivity index (χ3v) is 10.9. The number of nitrogens with zero attached hydrogens (tertiary/aromatic N) is 1. The molecule has 2 aromatic rings. The van der Waals surface area contributed by atoms with Crippen molar-refractivity contribution in [1.82, 2.24) is 4.34 Å². The van der Waals surface area contributed by atoms with Gasteiger partial charge in [-0.3, -0.25) is 0 Å². The molecule has 24 heavy (non-hydrogen) atoms. The lowest BCUT2D eigenvalue weighted by atomic mass is 10.00. The van der Waals surface area contributed by atoms with E-state index in [1.165, 1.54) is 78.0 Å². The van der Waals surface area contributed by atoms with E-state index in [2.05, 4.69) is 36.4 Å². The molecule has 2 aliphatic rings. The second-order valence-corrected chi connectivity index (χ2v) is 11.9. The minimum absolute atomic E-state index is 0.0444. The zero-order valence-electron chi connectivity index (χ0n) is 15.3. The number of hydrogen-bond acceptors (Lipinski definition) is 0. The van der Waals surface area contributed by atoms with E-state index in [-0.39, 0.29) is 8.07 Å². The number of hydrogen-bond donors (Lipinski definition) is 0. The highest BCUT2D eigenvalue weighted by atomic mass is 31.1. The highest BCUT2D eigenvalue weighted by Gasteiger charge is 2.34. The Morgan fingerprint density at radius 2 is 1.46 bits per heavy atom. The fourth-order valence-corrected chi connectivity index (χ4v) is 10.3. The van der Waals surface area contributed by atoms with Crippen molar-refractivity contribution in [2.24, 2.45) is 0 Å². The molecule has 1 aromatic carbocycles. The van der Waals surface area contributed by atoms with E-state index in [0.717, 1.165) is 11.3 Å². The van der Waals surface area contributed by atoms with Gasteiger partial charge in [-0.05, 0) is 71.2 Å². The number of fused-ring (bicyclic) bond motifs is 1. The average Bonchev–Trinajstić information content (AvgIpc) is 2.92. The first-order valence-corrected chi connectivity index (χ1v) is 12.3. The smallest absolute Gasteiger partial charge is 0.0567 e. The van der Waals surface area contributed by atoms with Crippen LogP contribution < -0.4 is 0 Å². The van der Waals surface area contributed by atoms with Crippen LogP contribution in [0.15, 0.2) is 18.2 Å². The summed E-state index contributed by atoms with van der Waals surface area (Å²) in [5.41, 5.74) is 6.54. The number of rotatable bonds is 3. The van der Waals surface area contributed by atoms with Gasteiger partial charge in [-0.1, -0.05) is 50.2 Å². The maximum Gasteiger partial charge on any atom is 0.0567 e. The van der Waals surface area contributed by atoms with Crippen LogP contribution in [0.5, 0.6) is 0 Å². The Morgan fingerprint density at radius 3 is 2.04 bits per heavy atom. The van der Waals surface area contributed by atoms with Crippen LogP contribution in [0.3, 0.4) is 0 Å². The largest absolute Gasteiger partial charge is 0.318 e. The van der Waals surface area contributed by atoms with Gasteiger partial charge in [-0.15, -0.1) is 0 Å². The zero-order chi connectivity index (χ0) is 16.5. The van der Waals surface area contributed by atoms with Crippen LogP contribution in [0.1, 0.15) is 75.2 Å². The fraction of sp³-hybridized carbons (Fsp3) is 0.667. The number of aromatic nitrogens is 1. The van der Waals surface area contributed by atoms with Gasteiger partial charge in [0.25, 0.3) is 0 Å². The van der Waals surface area contributed by atoms with Crippen LogP contribution in [0, 0.1) is 13.8 Å². The number of benzene rings is 1. The Morgan fingerprint density at radius 1 is 0.875 bits per heavy atom. The van der Waals surface area contributed by atoms with E-state index in [9.17, 15) is 0 Å². The molecule has 0 radical (unpaired) electrons. The van der Waals surface area contributed by atoms with E-state index in [0.29, 0.717) is 0 Å². The highest BCUT2D eigenvalue weighted by molar-refractivity contribution is 7.58. The average molecular weight is 359 g/mol. The van der Waals surface area contributed by atoms with Crippen molar-refractivity contribution in [3.63, 3.8) is 0 Å². The minimum Gasteiger partial charge on any atom is -0.318 e. The number of aryl methyl sites for hydroxylation is 2. The summed E-state index contributed by atoms with van der Waals surface area (Å²) in [6.45, 7) is 4.64. The van der Waals surface area contributed by atoms with Crippen molar-refractivity contribution < 1.29 is 0 Å². The molecular formula is C21H31NP2. The minimum atomic E-state index is -0.0444. The normalized spacial score (nSPS) is 21.3. The van der Waals surface area contributed by atoms with Gasteiger partial charge >= 0.3 is 0 Å². The molecule has 0 unspecified atom stereocenters. The predicted molar refractivity (Wildman–Crippen MR) is 110 cm³/mol. The molecule has 0 N–H and O–H groups in total. The summed E-state index contributed by atoms with van der Waals surface area (Å²) in [4.78, 5) is 0. The van der Waals surface area contributed by atoms with E-state index in [1.807, 2.05) is 0 Å². The molecule has 1 nitrogen and oxygen atoms in total. The van der Waals surface area contributed by atoms with Gasteiger partial charge in [0.1, 0.15) is 0 Å². The summed E-state index contributed by atoms with van der Waals surface area (Å²) in [5.74, 6) is 0. The van der Waals surface area contributed by atoms with Gasteiger partial charge in [-0.2, -0.15) is 0 Å². The first kappa shape index (κ1) is 17.1. The van der Waals surface area contributed by atoms with Crippen LogP contribution in [0.25, 0.3) is 10.6 Å². The van der Waals surface area contributed by atoms with Gasteiger partial charge in [0, 0.05) is 18.6 Å². The van der Waals surface area contributed by atoms with Crippen molar-refractivity contribution >= 4 is 26.9 Å². The molecule has 3 heteroatoms. The van der Waals surface area contributed by atoms with Crippen LogP contribution in [-0.2, 0) is 0 Å². The zero-order valence-corrected chi connectivity index (χ0v) is 17.1. The van der Waals surface area contributed by atoms with Crippen molar-refractivity contribution in [3.05, 3.63) is 29.2 Å². The SMILES string of the molecule is Cc1ccc2c(c1)pc(C)n2P(C1CCCCC1)C1CCCCC1. The van der Waals surface area contributed by atoms with Gasteiger partial charge < -0.3 is 4.34 Å². The molecule has 1 aromatic heterocycles. The molecule has 1 heterocycles.